The molecule has 3 rings (SSSR count). The van der Waals surface area contributed by atoms with Crippen molar-refractivity contribution in [2.24, 2.45) is 0 Å². The Balaban J connectivity index is 1.88. The smallest absolute Gasteiger partial charge is 0.138 e. The van der Waals surface area contributed by atoms with Gasteiger partial charge < -0.3 is 5.32 Å². The second kappa shape index (κ2) is 5.42. The summed E-state index contributed by atoms with van der Waals surface area (Å²) in [7, 11) is 0. The van der Waals surface area contributed by atoms with Crippen LogP contribution in [0.2, 0.25) is 0 Å². The molecular weight excluding hydrogens is 270 g/mol. The SMILES string of the molecule is Cc1nc(C(C)Nc2ccccc2-n2cncn2)cs1. The predicted octanol–water partition coefficient (Wildman–Crippen LogP) is 3.21. The first kappa shape index (κ1) is 12.8. The summed E-state index contributed by atoms with van der Waals surface area (Å²) >= 11 is 1.67. The fraction of sp³-hybridized carbons (Fsp3) is 0.214. The van der Waals surface area contributed by atoms with Crippen LogP contribution >= 0.6 is 11.3 Å². The first-order chi connectivity index (χ1) is 9.74. The van der Waals surface area contributed by atoms with E-state index in [4.69, 9.17) is 0 Å². The Morgan fingerprint density at radius 3 is 2.85 bits per heavy atom. The van der Waals surface area contributed by atoms with E-state index < -0.39 is 0 Å². The molecule has 0 aliphatic carbocycles. The van der Waals surface area contributed by atoms with Gasteiger partial charge in [0.1, 0.15) is 12.7 Å². The third-order valence-electron chi connectivity index (χ3n) is 3.02. The molecule has 0 aliphatic heterocycles. The minimum absolute atomic E-state index is 0.143. The van der Waals surface area contributed by atoms with Crippen molar-refractivity contribution in [2.75, 3.05) is 5.32 Å². The third kappa shape index (κ3) is 2.55. The highest BCUT2D eigenvalue weighted by Gasteiger charge is 2.11. The number of para-hydroxylation sites is 2. The van der Waals surface area contributed by atoms with Gasteiger partial charge in [0.05, 0.1) is 28.1 Å². The predicted molar refractivity (Wildman–Crippen MR) is 80.2 cm³/mol. The van der Waals surface area contributed by atoms with E-state index in [1.165, 1.54) is 6.33 Å². The van der Waals surface area contributed by atoms with Gasteiger partial charge >= 0.3 is 0 Å². The van der Waals surface area contributed by atoms with Crippen LogP contribution in [0.5, 0.6) is 0 Å². The molecule has 0 saturated carbocycles. The summed E-state index contributed by atoms with van der Waals surface area (Å²) in [5, 5.41) is 10.8. The number of anilines is 1. The summed E-state index contributed by atoms with van der Waals surface area (Å²) in [6.45, 7) is 4.12. The molecule has 0 amide bonds. The van der Waals surface area contributed by atoms with E-state index in [-0.39, 0.29) is 6.04 Å². The van der Waals surface area contributed by atoms with Crippen LogP contribution in [0.15, 0.2) is 42.3 Å². The molecule has 5 nitrogen and oxygen atoms in total. The molecule has 1 aromatic carbocycles. The number of aryl methyl sites for hydroxylation is 1. The van der Waals surface area contributed by atoms with Crippen LogP contribution in [0.4, 0.5) is 5.69 Å². The van der Waals surface area contributed by atoms with E-state index in [0.29, 0.717) is 0 Å². The van der Waals surface area contributed by atoms with Gasteiger partial charge in [0.15, 0.2) is 0 Å². The lowest BCUT2D eigenvalue weighted by Gasteiger charge is -2.16. The van der Waals surface area contributed by atoms with Gasteiger partial charge in [-0.2, -0.15) is 5.10 Å². The monoisotopic (exact) mass is 285 g/mol. The quantitative estimate of drug-likeness (QED) is 0.799. The maximum Gasteiger partial charge on any atom is 0.138 e. The van der Waals surface area contributed by atoms with Crippen molar-refractivity contribution in [1.29, 1.82) is 0 Å². The van der Waals surface area contributed by atoms with Crippen LogP contribution in [0.25, 0.3) is 5.69 Å². The number of thiazole rings is 1. The normalized spacial score (nSPS) is 12.3. The van der Waals surface area contributed by atoms with E-state index in [2.05, 4.69) is 32.7 Å². The Bertz CT molecular complexity index is 689. The molecule has 2 aromatic heterocycles. The summed E-state index contributed by atoms with van der Waals surface area (Å²) in [5.74, 6) is 0. The van der Waals surface area contributed by atoms with Crippen LogP contribution in [-0.2, 0) is 0 Å². The zero-order valence-corrected chi connectivity index (χ0v) is 12.1. The summed E-state index contributed by atoms with van der Waals surface area (Å²) in [5.41, 5.74) is 3.04. The van der Waals surface area contributed by atoms with Crippen molar-refractivity contribution in [2.45, 2.75) is 19.9 Å². The van der Waals surface area contributed by atoms with Crippen LogP contribution in [0.3, 0.4) is 0 Å². The zero-order chi connectivity index (χ0) is 13.9. The maximum atomic E-state index is 4.52. The molecule has 20 heavy (non-hydrogen) atoms. The number of benzene rings is 1. The number of hydrogen-bond donors (Lipinski definition) is 1. The molecule has 0 saturated heterocycles. The van der Waals surface area contributed by atoms with Crippen molar-refractivity contribution in [3.63, 3.8) is 0 Å². The van der Waals surface area contributed by atoms with E-state index >= 15 is 0 Å². The van der Waals surface area contributed by atoms with Crippen molar-refractivity contribution >= 4 is 17.0 Å². The van der Waals surface area contributed by atoms with Crippen LogP contribution < -0.4 is 5.32 Å². The Hall–Kier alpha value is -2.21. The standard InChI is InChI=1S/C14H15N5S/c1-10(13-7-20-11(2)18-13)17-12-5-3-4-6-14(12)19-9-15-8-16-19/h3-10,17H,1-2H3. The van der Waals surface area contributed by atoms with Crippen LogP contribution in [0, 0.1) is 6.92 Å². The second-order valence-electron chi connectivity index (χ2n) is 4.51. The molecule has 1 unspecified atom stereocenters. The Labute approximate surface area is 121 Å². The number of nitrogens with one attached hydrogen (secondary N) is 1. The van der Waals surface area contributed by atoms with Crippen molar-refractivity contribution in [3.8, 4) is 5.69 Å². The third-order valence-corrected chi connectivity index (χ3v) is 3.81. The first-order valence-corrected chi connectivity index (χ1v) is 7.24. The highest BCUT2D eigenvalue weighted by Crippen LogP contribution is 2.25. The lowest BCUT2D eigenvalue weighted by Crippen LogP contribution is -2.10. The summed E-state index contributed by atoms with van der Waals surface area (Å²) in [6, 6.07) is 8.18. The Kier molecular flexibility index (Phi) is 3.47. The molecule has 0 spiro atoms. The summed E-state index contributed by atoms with van der Waals surface area (Å²) in [6.07, 6.45) is 3.22. The lowest BCUT2D eigenvalue weighted by molar-refractivity contribution is 0.830. The van der Waals surface area contributed by atoms with E-state index in [1.54, 1.807) is 22.3 Å². The summed E-state index contributed by atoms with van der Waals surface area (Å²) < 4.78 is 1.75. The molecule has 3 aromatic rings. The van der Waals surface area contributed by atoms with Gasteiger partial charge in [-0.05, 0) is 26.0 Å². The van der Waals surface area contributed by atoms with Gasteiger partial charge in [-0.25, -0.2) is 14.6 Å². The van der Waals surface area contributed by atoms with E-state index in [9.17, 15) is 0 Å². The molecule has 102 valence electrons. The van der Waals surface area contributed by atoms with E-state index in [0.717, 1.165) is 22.1 Å². The second-order valence-corrected chi connectivity index (χ2v) is 5.58. The number of rotatable bonds is 4. The van der Waals surface area contributed by atoms with E-state index in [1.807, 2.05) is 31.2 Å². The Morgan fingerprint density at radius 1 is 1.30 bits per heavy atom. The van der Waals surface area contributed by atoms with Crippen molar-refractivity contribution in [3.05, 3.63) is 53.0 Å². The number of aromatic nitrogens is 4. The molecule has 0 bridgehead atoms. The van der Waals surface area contributed by atoms with Gasteiger partial charge in [0.2, 0.25) is 0 Å². The molecule has 1 N–H and O–H groups in total. The Morgan fingerprint density at radius 2 is 2.15 bits per heavy atom. The molecule has 6 heteroatoms. The first-order valence-electron chi connectivity index (χ1n) is 6.36. The van der Waals surface area contributed by atoms with Crippen molar-refractivity contribution < 1.29 is 0 Å². The van der Waals surface area contributed by atoms with Gasteiger partial charge in [0.25, 0.3) is 0 Å². The largest absolute Gasteiger partial charge is 0.375 e. The van der Waals surface area contributed by atoms with Crippen LogP contribution in [0.1, 0.15) is 23.7 Å². The average Bonchev–Trinajstić information content (AvgIpc) is 3.10. The minimum Gasteiger partial charge on any atom is -0.375 e. The molecule has 2 heterocycles. The molecule has 0 fully saturated rings. The number of hydrogen-bond acceptors (Lipinski definition) is 5. The molecule has 0 radical (unpaired) electrons. The highest BCUT2D eigenvalue weighted by molar-refractivity contribution is 7.09. The van der Waals surface area contributed by atoms with Gasteiger partial charge in [-0.3, -0.25) is 0 Å². The fourth-order valence-corrected chi connectivity index (χ4v) is 2.72. The van der Waals surface area contributed by atoms with Gasteiger partial charge in [-0.15, -0.1) is 11.3 Å². The van der Waals surface area contributed by atoms with Crippen molar-refractivity contribution in [1.82, 2.24) is 19.7 Å². The average molecular weight is 285 g/mol. The maximum absolute atomic E-state index is 4.52. The fourth-order valence-electron chi connectivity index (χ4n) is 2.01. The lowest BCUT2D eigenvalue weighted by atomic mass is 10.2. The zero-order valence-electron chi connectivity index (χ0n) is 11.3. The topological polar surface area (TPSA) is 55.6 Å². The van der Waals surface area contributed by atoms with Crippen LogP contribution in [-0.4, -0.2) is 19.7 Å². The molecular formula is C14H15N5S. The van der Waals surface area contributed by atoms with Gasteiger partial charge in [0, 0.05) is 5.38 Å². The molecule has 0 aliphatic rings. The van der Waals surface area contributed by atoms with Gasteiger partial charge in [-0.1, -0.05) is 12.1 Å². The number of nitrogens with zero attached hydrogens (tertiary/aromatic N) is 4. The minimum atomic E-state index is 0.143. The summed E-state index contributed by atoms with van der Waals surface area (Å²) in [4.78, 5) is 8.51. The molecule has 1 atom stereocenters. The highest BCUT2D eigenvalue weighted by atomic mass is 32.1.